The van der Waals surface area contributed by atoms with Crippen molar-refractivity contribution in [1.82, 2.24) is 4.90 Å². The number of carbonyl (C=O) groups is 2. The molecule has 1 aromatic carbocycles. The number of ether oxygens (including phenoxy) is 1. The second-order valence-electron chi connectivity index (χ2n) is 4.67. The normalized spacial score (nSPS) is 21.9. The van der Waals surface area contributed by atoms with Crippen molar-refractivity contribution in [3.63, 3.8) is 0 Å². The van der Waals surface area contributed by atoms with Gasteiger partial charge in [-0.3, -0.25) is 4.79 Å². The second kappa shape index (κ2) is 4.42. The summed E-state index contributed by atoms with van der Waals surface area (Å²) in [6.45, 7) is 3.45. The van der Waals surface area contributed by atoms with Crippen molar-refractivity contribution < 1.29 is 19.4 Å². The van der Waals surface area contributed by atoms with Gasteiger partial charge in [0.15, 0.2) is 6.10 Å². The molecule has 0 spiro atoms. The molecular formula is C13H15NO4. The monoisotopic (exact) mass is 249 g/mol. The third kappa shape index (κ3) is 2.22. The molecule has 0 radical (unpaired) electrons. The zero-order chi connectivity index (χ0) is 13.3. The Labute approximate surface area is 105 Å². The summed E-state index contributed by atoms with van der Waals surface area (Å²) in [6, 6.07) is 8.76. The molecule has 1 heterocycles. The van der Waals surface area contributed by atoms with Crippen LogP contribution < -0.4 is 0 Å². The molecule has 0 unspecified atom stereocenters. The number of benzene rings is 1. The van der Waals surface area contributed by atoms with E-state index in [0.717, 1.165) is 0 Å². The molecule has 1 amide bonds. The van der Waals surface area contributed by atoms with E-state index in [9.17, 15) is 9.59 Å². The van der Waals surface area contributed by atoms with Gasteiger partial charge in [-0.2, -0.15) is 0 Å². The third-order valence-electron chi connectivity index (χ3n) is 2.97. The van der Waals surface area contributed by atoms with E-state index < -0.39 is 17.8 Å². The molecule has 0 saturated carbocycles. The van der Waals surface area contributed by atoms with Crippen molar-refractivity contribution in [2.45, 2.75) is 25.7 Å². The average Bonchev–Trinajstić information content (AvgIpc) is 2.65. The number of amides is 1. The van der Waals surface area contributed by atoms with Crippen LogP contribution in [0.4, 0.5) is 0 Å². The maximum Gasteiger partial charge on any atom is 0.334 e. The lowest BCUT2D eigenvalue weighted by Gasteiger charge is -2.29. The Morgan fingerprint density at radius 2 is 1.94 bits per heavy atom. The van der Waals surface area contributed by atoms with E-state index in [2.05, 4.69) is 0 Å². The standard InChI is InChI=1S/C13H15NO4/c1-13(2)14(8-10(18-13)12(16)17)11(15)9-6-4-3-5-7-9/h3-7,10H,8H2,1-2H3,(H,16,17)/t10-/m1/s1. The molecule has 0 aliphatic carbocycles. The molecule has 5 heteroatoms. The summed E-state index contributed by atoms with van der Waals surface area (Å²) < 4.78 is 5.37. The summed E-state index contributed by atoms with van der Waals surface area (Å²) in [5, 5.41) is 8.95. The van der Waals surface area contributed by atoms with Crippen LogP contribution in [0.3, 0.4) is 0 Å². The molecular weight excluding hydrogens is 234 g/mol. The molecule has 96 valence electrons. The van der Waals surface area contributed by atoms with E-state index in [-0.39, 0.29) is 12.5 Å². The highest BCUT2D eigenvalue weighted by Gasteiger charge is 2.45. The van der Waals surface area contributed by atoms with Gasteiger partial charge in [0.2, 0.25) is 0 Å². The fraction of sp³-hybridized carbons (Fsp3) is 0.385. The minimum atomic E-state index is -1.05. The highest BCUT2D eigenvalue weighted by Crippen LogP contribution is 2.28. The molecule has 1 aliphatic rings. The average molecular weight is 249 g/mol. The van der Waals surface area contributed by atoms with E-state index in [0.29, 0.717) is 5.56 Å². The molecule has 0 aromatic heterocycles. The van der Waals surface area contributed by atoms with Gasteiger partial charge in [0.1, 0.15) is 5.72 Å². The van der Waals surface area contributed by atoms with Crippen LogP contribution in [-0.2, 0) is 9.53 Å². The summed E-state index contributed by atoms with van der Waals surface area (Å²) >= 11 is 0. The van der Waals surface area contributed by atoms with Crippen LogP contribution in [0.15, 0.2) is 30.3 Å². The number of carboxylic acids is 1. The highest BCUT2D eigenvalue weighted by molar-refractivity contribution is 5.95. The number of hydrogen-bond acceptors (Lipinski definition) is 3. The quantitative estimate of drug-likeness (QED) is 0.859. The van der Waals surface area contributed by atoms with Crippen LogP contribution in [0, 0.1) is 0 Å². The van der Waals surface area contributed by atoms with Gasteiger partial charge in [-0.05, 0) is 26.0 Å². The highest BCUT2D eigenvalue weighted by atomic mass is 16.6. The number of hydrogen-bond donors (Lipinski definition) is 1. The zero-order valence-corrected chi connectivity index (χ0v) is 10.3. The van der Waals surface area contributed by atoms with E-state index in [4.69, 9.17) is 9.84 Å². The molecule has 1 N–H and O–H groups in total. The molecule has 1 aromatic rings. The van der Waals surface area contributed by atoms with Crippen LogP contribution in [0.2, 0.25) is 0 Å². The fourth-order valence-corrected chi connectivity index (χ4v) is 2.03. The topological polar surface area (TPSA) is 66.8 Å². The SMILES string of the molecule is CC1(C)O[C@@H](C(=O)O)CN1C(=O)c1ccccc1. The summed E-state index contributed by atoms with van der Waals surface area (Å²) in [4.78, 5) is 24.7. The summed E-state index contributed by atoms with van der Waals surface area (Å²) in [5.41, 5.74) is -0.379. The molecule has 1 saturated heterocycles. The van der Waals surface area contributed by atoms with Crippen molar-refractivity contribution >= 4 is 11.9 Å². The first kappa shape index (κ1) is 12.6. The first-order chi connectivity index (χ1) is 8.42. The van der Waals surface area contributed by atoms with E-state index in [1.807, 2.05) is 6.07 Å². The minimum Gasteiger partial charge on any atom is -0.479 e. The first-order valence-corrected chi connectivity index (χ1v) is 5.69. The number of aliphatic carboxylic acids is 1. The van der Waals surface area contributed by atoms with Gasteiger partial charge in [-0.1, -0.05) is 18.2 Å². The van der Waals surface area contributed by atoms with Gasteiger partial charge in [0, 0.05) is 5.56 Å². The van der Waals surface area contributed by atoms with Crippen LogP contribution >= 0.6 is 0 Å². The van der Waals surface area contributed by atoms with Crippen molar-refractivity contribution in [2.75, 3.05) is 6.54 Å². The van der Waals surface area contributed by atoms with Gasteiger partial charge in [-0.15, -0.1) is 0 Å². The summed E-state index contributed by atoms with van der Waals surface area (Å²) in [5.74, 6) is -1.27. The van der Waals surface area contributed by atoms with Crippen molar-refractivity contribution in [3.8, 4) is 0 Å². The van der Waals surface area contributed by atoms with Crippen LogP contribution in [-0.4, -0.2) is 40.3 Å². The molecule has 5 nitrogen and oxygen atoms in total. The Kier molecular flexibility index (Phi) is 3.09. The lowest BCUT2D eigenvalue weighted by Crippen LogP contribution is -2.43. The van der Waals surface area contributed by atoms with Crippen molar-refractivity contribution in [3.05, 3.63) is 35.9 Å². The van der Waals surface area contributed by atoms with Crippen molar-refractivity contribution in [1.29, 1.82) is 0 Å². The Morgan fingerprint density at radius 1 is 1.33 bits per heavy atom. The van der Waals surface area contributed by atoms with Crippen LogP contribution in [0.25, 0.3) is 0 Å². The summed E-state index contributed by atoms with van der Waals surface area (Å²) in [6.07, 6.45) is -0.965. The summed E-state index contributed by atoms with van der Waals surface area (Å²) in [7, 11) is 0. The lowest BCUT2D eigenvalue weighted by molar-refractivity contribution is -0.154. The number of nitrogens with zero attached hydrogens (tertiary/aromatic N) is 1. The van der Waals surface area contributed by atoms with Gasteiger partial charge < -0.3 is 14.7 Å². The largest absolute Gasteiger partial charge is 0.479 e. The van der Waals surface area contributed by atoms with Gasteiger partial charge in [0.25, 0.3) is 5.91 Å². The van der Waals surface area contributed by atoms with Crippen LogP contribution in [0.5, 0.6) is 0 Å². The lowest BCUT2D eigenvalue weighted by atomic mass is 10.1. The molecule has 1 aliphatic heterocycles. The number of rotatable bonds is 2. The number of carbonyl (C=O) groups excluding carboxylic acids is 1. The molecule has 1 fully saturated rings. The number of carboxylic acid groups (broad SMARTS) is 1. The van der Waals surface area contributed by atoms with E-state index >= 15 is 0 Å². The van der Waals surface area contributed by atoms with Gasteiger partial charge >= 0.3 is 5.97 Å². The van der Waals surface area contributed by atoms with Crippen LogP contribution in [0.1, 0.15) is 24.2 Å². The van der Waals surface area contributed by atoms with Crippen molar-refractivity contribution in [2.24, 2.45) is 0 Å². The Bertz CT molecular complexity index is 469. The first-order valence-electron chi connectivity index (χ1n) is 5.69. The fourth-order valence-electron chi connectivity index (χ4n) is 2.03. The predicted molar refractivity (Wildman–Crippen MR) is 64.1 cm³/mol. The van der Waals surface area contributed by atoms with Gasteiger partial charge in [0.05, 0.1) is 6.54 Å². The third-order valence-corrected chi connectivity index (χ3v) is 2.97. The molecule has 18 heavy (non-hydrogen) atoms. The predicted octanol–water partition coefficient (Wildman–Crippen LogP) is 1.35. The second-order valence-corrected chi connectivity index (χ2v) is 4.67. The smallest absolute Gasteiger partial charge is 0.334 e. The Morgan fingerprint density at radius 3 is 2.44 bits per heavy atom. The maximum atomic E-state index is 12.3. The molecule has 2 rings (SSSR count). The van der Waals surface area contributed by atoms with Gasteiger partial charge in [-0.25, -0.2) is 4.79 Å². The zero-order valence-electron chi connectivity index (χ0n) is 10.3. The van der Waals surface area contributed by atoms with E-state index in [1.54, 1.807) is 38.1 Å². The molecule has 1 atom stereocenters. The maximum absolute atomic E-state index is 12.3. The molecule has 0 bridgehead atoms. The Hall–Kier alpha value is -1.88. The van der Waals surface area contributed by atoms with E-state index in [1.165, 1.54) is 4.90 Å². The Balaban J connectivity index is 2.23. The minimum absolute atomic E-state index is 0.0655.